The van der Waals surface area contributed by atoms with E-state index in [1.54, 1.807) is 11.3 Å². The molecule has 3 heterocycles. The van der Waals surface area contributed by atoms with Gasteiger partial charge in [0.15, 0.2) is 0 Å². The number of hydrogen-bond donors (Lipinski definition) is 1. The fraction of sp³-hybridized carbons (Fsp3) is 0.391. The first-order valence-corrected chi connectivity index (χ1v) is 11.3. The topological polar surface area (TPSA) is 63.7 Å². The van der Waals surface area contributed by atoms with E-state index in [1.165, 1.54) is 4.70 Å². The summed E-state index contributed by atoms with van der Waals surface area (Å²) >= 11 is 1.71. The van der Waals surface area contributed by atoms with Gasteiger partial charge >= 0.3 is 0 Å². The minimum absolute atomic E-state index is 0.00629. The summed E-state index contributed by atoms with van der Waals surface area (Å²) in [5, 5.41) is 6.33. The van der Waals surface area contributed by atoms with Crippen molar-refractivity contribution in [1.29, 1.82) is 0 Å². The van der Waals surface area contributed by atoms with Gasteiger partial charge in [0, 0.05) is 35.4 Å². The SMILES string of the molecule is CCOc1ccc(OCC)c(NC(=O)[C@@H]2CCCN(c3nccc4sccc34)C2)c1. The number of carbonyl (C=O) groups is 1. The second kappa shape index (κ2) is 9.34. The Morgan fingerprint density at radius 3 is 2.93 bits per heavy atom. The summed E-state index contributed by atoms with van der Waals surface area (Å²) in [6.45, 7) is 6.54. The fourth-order valence-electron chi connectivity index (χ4n) is 3.89. The first-order valence-electron chi connectivity index (χ1n) is 10.5. The summed E-state index contributed by atoms with van der Waals surface area (Å²) in [6.07, 6.45) is 3.67. The number of benzene rings is 1. The summed E-state index contributed by atoms with van der Waals surface area (Å²) < 4.78 is 12.5. The Balaban J connectivity index is 1.51. The lowest BCUT2D eigenvalue weighted by Crippen LogP contribution is -2.41. The van der Waals surface area contributed by atoms with Crippen LogP contribution >= 0.6 is 11.3 Å². The molecule has 2 aromatic heterocycles. The predicted molar refractivity (Wildman–Crippen MR) is 122 cm³/mol. The monoisotopic (exact) mass is 425 g/mol. The number of carbonyl (C=O) groups excluding carboxylic acids is 1. The molecule has 1 aliphatic heterocycles. The van der Waals surface area contributed by atoms with E-state index in [4.69, 9.17) is 9.47 Å². The van der Waals surface area contributed by atoms with Crippen molar-refractivity contribution in [3.63, 3.8) is 0 Å². The van der Waals surface area contributed by atoms with Gasteiger partial charge in [0.1, 0.15) is 17.3 Å². The van der Waals surface area contributed by atoms with Crippen LogP contribution in [0.3, 0.4) is 0 Å². The Morgan fingerprint density at radius 2 is 2.10 bits per heavy atom. The first kappa shape index (κ1) is 20.5. The van der Waals surface area contributed by atoms with Crippen LogP contribution in [0.25, 0.3) is 10.1 Å². The molecule has 1 aromatic carbocycles. The molecule has 1 aliphatic rings. The van der Waals surface area contributed by atoms with Crippen molar-refractivity contribution in [2.24, 2.45) is 5.92 Å². The lowest BCUT2D eigenvalue weighted by atomic mass is 9.96. The molecular formula is C23H27N3O3S. The van der Waals surface area contributed by atoms with Crippen LogP contribution in [0.5, 0.6) is 11.5 Å². The number of rotatable bonds is 7. The number of fused-ring (bicyclic) bond motifs is 1. The Kier molecular flexibility index (Phi) is 6.38. The zero-order valence-corrected chi connectivity index (χ0v) is 18.2. The molecule has 0 unspecified atom stereocenters. The van der Waals surface area contributed by atoms with E-state index < -0.39 is 0 Å². The molecule has 6 nitrogen and oxygen atoms in total. The first-order chi connectivity index (χ1) is 14.7. The summed E-state index contributed by atoms with van der Waals surface area (Å²) in [7, 11) is 0. The van der Waals surface area contributed by atoms with Crippen LogP contribution in [0.1, 0.15) is 26.7 Å². The number of hydrogen-bond acceptors (Lipinski definition) is 6. The van der Waals surface area contributed by atoms with E-state index in [0.717, 1.165) is 36.3 Å². The molecule has 1 saturated heterocycles. The van der Waals surface area contributed by atoms with Crippen LogP contribution in [0.2, 0.25) is 0 Å². The highest BCUT2D eigenvalue weighted by molar-refractivity contribution is 7.17. The average Bonchev–Trinajstić information content (AvgIpc) is 3.25. The molecule has 0 aliphatic carbocycles. The van der Waals surface area contributed by atoms with Crippen molar-refractivity contribution in [3.8, 4) is 11.5 Å². The van der Waals surface area contributed by atoms with E-state index >= 15 is 0 Å². The molecule has 7 heteroatoms. The molecule has 1 atom stereocenters. The number of thiophene rings is 1. The zero-order valence-electron chi connectivity index (χ0n) is 17.4. The summed E-state index contributed by atoms with van der Waals surface area (Å²) in [6, 6.07) is 9.69. The van der Waals surface area contributed by atoms with Crippen LogP contribution in [-0.2, 0) is 4.79 Å². The van der Waals surface area contributed by atoms with Crippen molar-refractivity contribution in [2.45, 2.75) is 26.7 Å². The highest BCUT2D eigenvalue weighted by Crippen LogP contribution is 2.33. The van der Waals surface area contributed by atoms with E-state index in [0.29, 0.717) is 31.2 Å². The minimum Gasteiger partial charge on any atom is -0.494 e. The van der Waals surface area contributed by atoms with Crippen molar-refractivity contribution < 1.29 is 14.3 Å². The average molecular weight is 426 g/mol. The van der Waals surface area contributed by atoms with Gasteiger partial charge < -0.3 is 19.7 Å². The summed E-state index contributed by atoms with van der Waals surface area (Å²) in [5.74, 6) is 2.24. The molecule has 158 valence electrons. The third-order valence-electron chi connectivity index (χ3n) is 5.27. The number of anilines is 2. The molecule has 1 fully saturated rings. The number of nitrogens with one attached hydrogen (secondary N) is 1. The van der Waals surface area contributed by atoms with Crippen LogP contribution in [0.15, 0.2) is 41.9 Å². The van der Waals surface area contributed by atoms with Gasteiger partial charge in [-0.1, -0.05) is 0 Å². The number of piperidine rings is 1. The molecule has 1 N–H and O–H groups in total. The lowest BCUT2D eigenvalue weighted by molar-refractivity contribution is -0.120. The number of ether oxygens (including phenoxy) is 2. The number of aromatic nitrogens is 1. The fourth-order valence-corrected chi connectivity index (χ4v) is 4.67. The van der Waals surface area contributed by atoms with Gasteiger partial charge in [-0.15, -0.1) is 11.3 Å². The largest absolute Gasteiger partial charge is 0.494 e. The lowest BCUT2D eigenvalue weighted by Gasteiger charge is -2.33. The number of amides is 1. The normalized spacial score (nSPS) is 16.5. The maximum absolute atomic E-state index is 13.1. The van der Waals surface area contributed by atoms with Gasteiger partial charge in [-0.05, 0) is 56.3 Å². The smallest absolute Gasteiger partial charge is 0.229 e. The van der Waals surface area contributed by atoms with Crippen molar-refractivity contribution in [3.05, 3.63) is 41.9 Å². The number of nitrogens with zero attached hydrogens (tertiary/aromatic N) is 2. The third kappa shape index (κ3) is 4.36. The van der Waals surface area contributed by atoms with Gasteiger partial charge in [-0.25, -0.2) is 4.98 Å². The van der Waals surface area contributed by atoms with Gasteiger partial charge in [0.05, 0.1) is 24.8 Å². The van der Waals surface area contributed by atoms with Gasteiger partial charge in [0.2, 0.25) is 5.91 Å². The Labute approximate surface area is 180 Å². The maximum Gasteiger partial charge on any atom is 0.229 e. The molecular weight excluding hydrogens is 398 g/mol. The highest BCUT2D eigenvalue weighted by Gasteiger charge is 2.28. The van der Waals surface area contributed by atoms with Gasteiger partial charge in [-0.2, -0.15) is 0 Å². The van der Waals surface area contributed by atoms with E-state index in [9.17, 15) is 4.79 Å². The van der Waals surface area contributed by atoms with Crippen LogP contribution in [0.4, 0.5) is 11.5 Å². The van der Waals surface area contributed by atoms with E-state index in [2.05, 4.69) is 26.6 Å². The van der Waals surface area contributed by atoms with Crippen LogP contribution < -0.4 is 19.7 Å². The van der Waals surface area contributed by atoms with Crippen LogP contribution in [0, 0.1) is 5.92 Å². The van der Waals surface area contributed by atoms with Gasteiger partial charge in [-0.3, -0.25) is 4.79 Å². The zero-order chi connectivity index (χ0) is 20.9. The molecule has 0 saturated carbocycles. The van der Waals surface area contributed by atoms with E-state index in [1.807, 2.05) is 44.3 Å². The second-order valence-electron chi connectivity index (χ2n) is 7.27. The van der Waals surface area contributed by atoms with Crippen molar-refractivity contribution in [1.82, 2.24) is 4.98 Å². The molecule has 30 heavy (non-hydrogen) atoms. The van der Waals surface area contributed by atoms with Gasteiger partial charge in [0.25, 0.3) is 0 Å². The number of pyridine rings is 1. The maximum atomic E-state index is 13.1. The highest BCUT2D eigenvalue weighted by atomic mass is 32.1. The molecule has 1 amide bonds. The van der Waals surface area contributed by atoms with Crippen molar-refractivity contribution in [2.75, 3.05) is 36.5 Å². The Morgan fingerprint density at radius 1 is 1.23 bits per heavy atom. The van der Waals surface area contributed by atoms with Crippen LogP contribution in [-0.4, -0.2) is 37.2 Å². The molecule has 4 rings (SSSR count). The third-order valence-corrected chi connectivity index (χ3v) is 6.15. The summed E-state index contributed by atoms with van der Waals surface area (Å²) in [5.41, 5.74) is 0.656. The molecule has 0 radical (unpaired) electrons. The Bertz CT molecular complexity index is 1020. The molecule has 0 spiro atoms. The second-order valence-corrected chi connectivity index (χ2v) is 8.21. The predicted octanol–water partition coefficient (Wildman–Crippen LogP) is 4.95. The summed E-state index contributed by atoms with van der Waals surface area (Å²) in [4.78, 5) is 20.0. The quantitative estimate of drug-likeness (QED) is 0.580. The molecule has 0 bridgehead atoms. The van der Waals surface area contributed by atoms with E-state index in [-0.39, 0.29) is 11.8 Å². The minimum atomic E-state index is -0.111. The van der Waals surface area contributed by atoms with Crippen molar-refractivity contribution >= 4 is 38.8 Å². The molecule has 3 aromatic rings. The standard InChI is InChI=1S/C23H27N3O3S/c1-3-28-17-7-8-20(29-4-2)19(14-17)25-23(27)16-6-5-12-26(15-16)22-18-10-13-30-21(18)9-11-24-22/h7-11,13-14,16H,3-6,12,15H2,1-2H3,(H,25,27)/t16-/m1/s1. The Hall–Kier alpha value is -2.80.